The number of pyridine rings is 1. The third-order valence-corrected chi connectivity index (χ3v) is 4.68. The minimum atomic E-state index is 0.183. The molecule has 1 fully saturated rings. The Balaban J connectivity index is 2.35. The number of aromatic nitrogens is 1. The van der Waals surface area contributed by atoms with Crippen molar-refractivity contribution in [1.29, 1.82) is 0 Å². The van der Waals surface area contributed by atoms with Gasteiger partial charge in [0.25, 0.3) is 0 Å². The van der Waals surface area contributed by atoms with Crippen LogP contribution in [0, 0.1) is 0 Å². The summed E-state index contributed by atoms with van der Waals surface area (Å²) in [6.07, 6.45) is 8.86. The second-order valence-electron chi connectivity index (χ2n) is 6.08. The molecule has 1 N–H and O–H groups in total. The molecule has 1 aromatic heterocycles. The molecule has 0 aliphatic heterocycles. The molecule has 4 heteroatoms. The Kier molecular flexibility index (Phi) is 5.59. The molecule has 1 unspecified atom stereocenters. The van der Waals surface area contributed by atoms with E-state index in [0.29, 0.717) is 12.6 Å². The number of nitrogens with zero attached hydrogens (tertiary/aromatic N) is 2. The van der Waals surface area contributed by atoms with Crippen LogP contribution in [0.4, 0.5) is 0 Å². The lowest BCUT2D eigenvalue weighted by Crippen LogP contribution is -2.52. The number of ether oxygens (including phenoxy) is 1. The van der Waals surface area contributed by atoms with Gasteiger partial charge in [-0.05, 0) is 52.0 Å². The predicted octanol–water partition coefficient (Wildman–Crippen LogP) is 3.01. The van der Waals surface area contributed by atoms with Crippen molar-refractivity contribution >= 4 is 0 Å². The molecule has 0 aromatic carbocycles. The third-order valence-electron chi connectivity index (χ3n) is 4.68. The molecule has 0 amide bonds. The van der Waals surface area contributed by atoms with E-state index in [9.17, 15) is 0 Å². The van der Waals surface area contributed by atoms with Crippen molar-refractivity contribution in [2.75, 3.05) is 27.2 Å². The lowest BCUT2D eigenvalue weighted by molar-refractivity contribution is 0.105. The molecule has 4 nitrogen and oxygen atoms in total. The normalized spacial score (nSPS) is 18.9. The summed E-state index contributed by atoms with van der Waals surface area (Å²) in [5.41, 5.74) is 1.42. The molecule has 1 aromatic rings. The van der Waals surface area contributed by atoms with Crippen molar-refractivity contribution in [2.45, 2.75) is 51.1 Å². The summed E-state index contributed by atoms with van der Waals surface area (Å²) in [4.78, 5) is 6.79. The van der Waals surface area contributed by atoms with Gasteiger partial charge in [-0.2, -0.15) is 0 Å². The summed E-state index contributed by atoms with van der Waals surface area (Å²) in [7, 11) is 4.41. The fourth-order valence-electron chi connectivity index (χ4n) is 3.64. The third kappa shape index (κ3) is 3.38. The maximum Gasteiger partial charge on any atom is 0.137 e. The number of hydrogen-bond acceptors (Lipinski definition) is 4. The molecular weight excluding hydrogens is 262 g/mol. The van der Waals surface area contributed by atoms with Gasteiger partial charge in [-0.1, -0.05) is 19.8 Å². The van der Waals surface area contributed by atoms with Crippen LogP contribution in [0.5, 0.6) is 5.75 Å². The summed E-state index contributed by atoms with van der Waals surface area (Å²) in [6, 6.07) is 2.45. The Morgan fingerprint density at radius 2 is 2.00 bits per heavy atom. The predicted molar refractivity (Wildman–Crippen MR) is 86.7 cm³/mol. The van der Waals surface area contributed by atoms with Crippen molar-refractivity contribution in [2.24, 2.45) is 0 Å². The van der Waals surface area contributed by atoms with E-state index in [1.165, 1.54) is 31.2 Å². The smallest absolute Gasteiger partial charge is 0.137 e. The van der Waals surface area contributed by atoms with E-state index < -0.39 is 0 Å². The molecule has 0 radical (unpaired) electrons. The Morgan fingerprint density at radius 3 is 2.57 bits per heavy atom. The summed E-state index contributed by atoms with van der Waals surface area (Å²) >= 11 is 0. The van der Waals surface area contributed by atoms with Gasteiger partial charge in [0.05, 0.1) is 18.8 Å². The first-order chi connectivity index (χ1) is 10.1. The fraction of sp³-hybridized carbons (Fsp3) is 0.706. The number of likely N-dealkylation sites (N-methyl/N-ethyl adjacent to an activating group) is 2. The number of nitrogens with one attached hydrogen (secondary N) is 1. The van der Waals surface area contributed by atoms with Crippen LogP contribution in [0.3, 0.4) is 0 Å². The zero-order valence-corrected chi connectivity index (χ0v) is 13.9. The van der Waals surface area contributed by atoms with Crippen LogP contribution in [0.1, 0.15) is 51.1 Å². The van der Waals surface area contributed by atoms with Crippen molar-refractivity contribution in [1.82, 2.24) is 15.2 Å². The highest BCUT2D eigenvalue weighted by molar-refractivity contribution is 5.29. The van der Waals surface area contributed by atoms with E-state index in [-0.39, 0.29) is 5.54 Å². The average molecular weight is 291 g/mol. The van der Waals surface area contributed by atoms with E-state index in [0.717, 1.165) is 12.3 Å². The monoisotopic (exact) mass is 291 g/mol. The second kappa shape index (κ2) is 7.23. The molecular formula is C17H29N3O. The lowest BCUT2D eigenvalue weighted by atomic mass is 9.83. The molecule has 118 valence electrons. The minimum absolute atomic E-state index is 0.183. The summed E-state index contributed by atoms with van der Waals surface area (Å²) in [6.45, 7) is 5.81. The summed E-state index contributed by atoms with van der Waals surface area (Å²) < 4.78 is 5.63. The molecule has 1 aliphatic rings. The lowest BCUT2D eigenvalue weighted by Gasteiger charge is -2.44. The molecule has 21 heavy (non-hydrogen) atoms. The van der Waals surface area contributed by atoms with Crippen LogP contribution < -0.4 is 10.1 Å². The Bertz CT molecular complexity index is 441. The molecule has 1 saturated carbocycles. The molecule has 1 aliphatic carbocycles. The van der Waals surface area contributed by atoms with Crippen LogP contribution in [0.2, 0.25) is 0 Å². The number of hydrogen-bond donors (Lipinski definition) is 1. The first-order valence-electron chi connectivity index (χ1n) is 8.12. The zero-order valence-electron chi connectivity index (χ0n) is 13.9. The Hall–Kier alpha value is -1.13. The quantitative estimate of drug-likeness (QED) is 0.838. The SMILES string of the molecule is CCNC(c1cncc(OCC)c1)C1(N(C)C)CCCC1. The van der Waals surface area contributed by atoms with Crippen molar-refractivity contribution in [3.05, 3.63) is 24.0 Å². The van der Waals surface area contributed by atoms with Gasteiger partial charge in [0.15, 0.2) is 0 Å². The maximum absolute atomic E-state index is 5.63. The highest BCUT2D eigenvalue weighted by Gasteiger charge is 2.43. The second-order valence-corrected chi connectivity index (χ2v) is 6.08. The van der Waals surface area contributed by atoms with Gasteiger partial charge in [0.2, 0.25) is 0 Å². The molecule has 1 heterocycles. The van der Waals surface area contributed by atoms with E-state index in [4.69, 9.17) is 4.74 Å². The largest absolute Gasteiger partial charge is 0.492 e. The van der Waals surface area contributed by atoms with E-state index in [1.54, 1.807) is 6.20 Å². The highest BCUT2D eigenvalue weighted by atomic mass is 16.5. The van der Waals surface area contributed by atoms with E-state index in [2.05, 4.69) is 42.3 Å². The molecule has 2 rings (SSSR count). The molecule has 1 atom stereocenters. The van der Waals surface area contributed by atoms with Crippen molar-refractivity contribution < 1.29 is 4.74 Å². The maximum atomic E-state index is 5.63. The summed E-state index contributed by atoms with van der Waals surface area (Å²) in [5, 5.41) is 3.70. The van der Waals surface area contributed by atoms with Crippen LogP contribution in [-0.4, -0.2) is 42.7 Å². The number of rotatable bonds is 7. The van der Waals surface area contributed by atoms with Crippen LogP contribution >= 0.6 is 0 Å². The first kappa shape index (κ1) is 16.2. The van der Waals surface area contributed by atoms with Crippen molar-refractivity contribution in [3.63, 3.8) is 0 Å². The first-order valence-corrected chi connectivity index (χ1v) is 8.12. The van der Waals surface area contributed by atoms with Gasteiger partial charge in [-0.25, -0.2) is 0 Å². The van der Waals surface area contributed by atoms with Crippen LogP contribution in [0.25, 0.3) is 0 Å². The Morgan fingerprint density at radius 1 is 1.29 bits per heavy atom. The van der Waals surface area contributed by atoms with Gasteiger partial charge in [-0.3, -0.25) is 4.98 Å². The van der Waals surface area contributed by atoms with E-state index in [1.807, 2.05) is 13.1 Å². The molecule has 0 spiro atoms. The van der Waals surface area contributed by atoms with Gasteiger partial charge in [-0.15, -0.1) is 0 Å². The van der Waals surface area contributed by atoms with Gasteiger partial charge in [0, 0.05) is 11.7 Å². The zero-order chi connectivity index (χ0) is 15.3. The van der Waals surface area contributed by atoms with Gasteiger partial charge >= 0.3 is 0 Å². The van der Waals surface area contributed by atoms with Gasteiger partial charge < -0.3 is 15.0 Å². The van der Waals surface area contributed by atoms with Crippen molar-refractivity contribution in [3.8, 4) is 5.75 Å². The van der Waals surface area contributed by atoms with Gasteiger partial charge in [0.1, 0.15) is 5.75 Å². The highest BCUT2D eigenvalue weighted by Crippen LogP contribution is 2.43. The van der Waals surface area contributed by atoms with E-state index >= 15 is 0 Å². The van der Waals surface area contributed by atoms with Crippen LogP contribution in [0.15, 0.2) is 18.5 Å². The topological polar surface area (TPSA) is 37.4 Å². The average Bonchev–Trinajstić information content (AvgIpc) is 2.96. The fourth-order valence-corrected chi connectivity index (χ4v) is 3.64. The Labute approximate surface area is 128 Å². The minimum Gasteiger partial charge on any atom is -0.492 e. The standard InChI is InChI=1S/C17H29N3O/c1-5-19-16(17(20(3)4)9-7-8-10-17)14-11-15(21-6-2)13-18-12-14/h11-13,16,19H,5-10H2,1-4H3. The van der Waals surface area contributed by atoms with Crippen LogP contribution in [-0.2, 0) is 0 Å². The molecule has 0 bridgehead atoms. The summed E-state index contributed by atoms with van der Waals surface area (Å²) in [5.74, 6) is 0.866. The molecule has 0 saturated heterocycles.